The van der Waals surface area contributed by atoms with Crippen LogP contribution in [0, 0.1) is 0 Å². The smallest absolute Gasteiger partial charge is 0.198 e. The van der Waals surface area contributed by atoms with Gasteiger partial charge < -0.3 is 9.47 Å². The van der Waals surface area contributed by atoms with Crippen LogP contribution in [0.25, 0.3) is 10.2 Å². The summed E-state index contributed by atoms with van der Waals surface area (Å²) in [5.74, 6) is 2.66. The maximum atomic E-state index is 6.03. The second-order valence-corrected chi connectivity index (χ2v) is 5.63. The zero-order valence-corrected chi connectivity index (χ0v) is 12.9. The molecule has 23 heavy (non-hydrogen) atoms. The quantitative estimate of drug-likeness (QED) is 0.513. The Morgan fingerprint density at radius 1 is 0.696 bits per heavy atom. The van der Waals surface area contributed by atoms with E-state index in [9.17, 15) is 0 Å². The Morgan fingerprint density at radius 3 is 2.04 bits per heavy atom. The lowest BCUT2D eigenvalue weighted by Crippen LogP contribution is -1.91. The highest BCUT2D eigenvalue weighted by Gasteiger charge is 2.15. The van der Waals surface area contributed by atoms with Crippen LogP contribution in [0.3, 0.4) is 0 Å². The highest BCUT2D eigenvalue weighted by Crippen LogP contribution is 2.40. The van der Waals surface area contributed by atoms with Gasteiger partial charge in [-0.3, -0.25) is 0 Å². The van der Waals surface area contributed by atoms with E-state index in [1.165, 1.54) is 11.5 Å². The minimum Gasteiger partial charge on any atom is -0.453 e. The summed E-state index contributed by atoms with van der Waals surface area (Å²) < 4.78 is 17.0. The topological polar surface area (TPSA) is 44.2 Å². The van der Waals surface area contributed by atoms with E-state index in [1.54, 1.807) is 0 Å². The first-order valence-electron chi connectivity index (χ1n) is 7.11. The van der Waals surface area contributed by atoms with E-state index >= 15 is 0 Å². The highest BCUT2D eigenvalue weighted by molar-refractivity contribution is 7.13. The molecule has 112 valence electrons. The van der Waals surface area contributed by atoms with Crippen LogP contribution in [0.2, 0.25) is 0 Å². The van der Waals surface area contributed by atoms with Crippen molar-refractivity contribution in [1.82, 2.24) is 9.59 Å². The first-order chi connectivity index (χ1) is 11.4. The molecule has 0 aliphatic rings. The maximum Gasteiger partial charge on any atom is 0.198 e. The van der Waals surface area contributed by atoms with Crippen LogP contribution in [0.1, 0.15) is 0 Å². The van der Waals surface area contributed by atoms with Crippen LogP contribution in [0.5, 0.6) is 23.0 Å². The minimum atomic E-state index is 0.575. The lowest BCUT2D eigenvalue weighted by molar-refractivity contribution is 0.422. The van der Waals surface area contributed by atoms with Crippen molar-refractivity contribution in [2.75, 3.05) is 0 Å². The van der Waals surface area contributed by atoms with Gasteiger partial charge in [0.05, 0.1) is 4.70 Å². The standard InChI is InChI=1S/C18H12N2O2S/c1-3-7-13(8-4-1)21-15-11-12-16-17(19-20-23-16)18(15)22-14-9-5-2-6-10-14/h1-12H. The van der Waals surface area contributed by atoms with Crippen LogP contribution in [0.15, 0.2) is 72.8 Å². The number of hydrogen-bond donors (Lipinski definition) is 0. The number of rotatable bonds is 4. The van der Waals surface area contributed by atoms with Crippen molar-refractivity contribution in [3.05, 3.63) is 72.8 Å². The third kappa shape index (κ3) is 2.86. The van der Waals surface area contributed by atoms with E-state index in [0.29, 0.717) is 17.0 Å². The second kappa shape index (κ2) is 6.06. The summed E-state index contributed by atoms with van der Waals surface area (Å²) >= 11 is 1.33. The third-order valence-electron chi connectivity index (χ3n) is 3.27. The van der Waals surface area contributed by atoms with Gasteiger partial charge in [-0.15, -0.1) is 5.10 Å². The molecule has 0 atom stereocenters. The number of hydrogen-bond acceptors (Lipinski definition) is 5. The number of fused-ring (bicyclic) bond motifs is 1. The van der Waals surface area contributed by atoms with Crippen molar-refractivity contribution in [3.63, 3.8) is 0 Å². The summed E-state index contributed by atoms with van der Waals surface area (Å²) in [6.45, 7) is 0. The molecule has 4 rings (SSSR count). The summed E-state index contributed by atoms with van der Waals surface area (Å²) in [4.78, 5) is 0. The number of ether oxygens (including phenoxy) is 2. The van der Waals surface area contributed by atoms with E-state index in [2.05, 4.69) is 9.59 Å². The van der Waals surface area contributed by atoms with Crippen molar-refractivity contribution in [1.29, 1.82) is 0 Å². The fourth-order valence-electron chi connectivity index (χ4n) is 2.21. The zero-order chi connectivity index (χ0) is 15.5. The summed E-state index contributed by atoms with van der Waals surface area (Å²) in [6.07, 6.45) is 0. The Morgan fingerprint density at radius 2 is 1.35 bits per heavy atom. The molecule has 4 nitrogen and oxygen atoms in total. The average molecular weight is 320 g/mol. The summed E-state index contributed by atoms with van der Waals surface area (Å²) in [5, 5.41) is 4.18. The summed E-state index contributed by atoms with van der Waals surface area (Å²) in [5.41, 5.74) is 0.701. The van der Waals surface area contributed by atoms with Crippen LogP contribution in [0.4, 0.5) is 0 Å². The summed E-state index contributed by atoms with van der Waals surface area (Å²) in [7, 11) is 0. The van der Waals surface area contributed by atoms with Gasteiger partial charge in [0.2, 0.25) is 0 Å². The molecule has 0 radical (unpaired) electrons. The van der Waals surface area contributed by atoms with Crippen LogP contribution in [-0.4, -0.2) is 9.59 Å². The van der Waals surface area contributed by atoms with E-state index < -0.39 is 0 Å². The largest absolute Gasteiger partial charge is 0.453 e. The van der Waals surface area contributed by atoms with E-state index in [1.807, 2.05) is 72.8 Å². The number of para-hydroxylation sites is 2. The van der Waals surface area contributed by atoms with E-state index in [0.717, 1.165) is 16.2 Å². The predicted molar refractivity (Wildman–Crippen MR) is 90.4 cm³/mol. The number of nitrogens with zero attached hydrogens (tertiary/aromatic N) is 2. The molecule has 0 N–H and O–H groups in total. The van der Waals surface area contributed by atoms with E-state index in [-0.39, 0.29) is 0 Å². The molecule has 0 aliphatic carbocycles. The fraction of sp³-hybridized carbons (Fsp3) is 0. The lowest BCUT2D eigenvalue weighted by atomic mass is 10.2. The molecule has 0 bridgehead atoms. The van der Waals surface area contributed by atoms with Crippen LogP contribution in [-0.2, 0) is 0 Å². The molecule has 0 amide bonds. The lowest BCUT2D eigenvalue weighted by Gasteiger charge is -2.12. The van der Waals surface area contributed by atoms with Crippen molar-refractivity contribution in [3.8, 4) is 23.0 Å². The van der Waals surface area contributed by atoms with Crippen LogP contribution < -0.4 is 9.47 Å². The molecule has 1 heterocycles. The Kier molecular flexibility index (Phi) is 3.62. The first kappa shape index (κ1) is 13.7. The minimum absolute atomic E-state index is 0.575. The molecule has 0 spiro atoms. The van der Waals surface area contributed by atoms with Crippen molar-refractivity contribution < 1.29 is 9.47 Å². The second-order valence-electron chi connectivity index (χ2n) is 4.84. The monoisotopic (exact) mass is 320 g/mol. The molecular weight excluding hydrogens is 308 g/mol. The number of aromatic nitrogens is 2. The van der Waals surface area contributed by atoms with Gasteiger partial charge >= 0.3 is 0 Å². The van der Waals surface area contributed by atoms with Crippen molar-refractivity contribution in [2.24, 2.45) is 0 Å². The van der Waals surface area contributed by atoms with Crippen LogP contribution >= 0.6 is 11.5 Å². The predicted octanol–water partition coefficient (Wildman–Crippen LogP) is 5.28. The average Bonchev–Trinajstić information content (AvgIpc) is 3.08. The molecule has 3 aromatic carbocycles. The van der Waals surface area contributed by atoms with Gasteiger partial charge in [-0.1, -0.05) is 40.9 Å². The molecule has 5 heteroatoms. The SMILES string of the molecule is c1ccc(Oc2ccc3snnc3c2Oc2ccccc2)cc1. The van der Waals surface area contributed by atoms with Crippen molar-refractivity contribution >= 4 is 21.7 Å². The normalized spacial score (nSPS) is 10.6. The van der Waals surface area contributed by atoms with Gasteiger partial charge in [-0.25, -0.2) is 0 Å². The summed E-state index contributed by atoms with van der Waals surface area (Å²) in [6, 6.07) is 23.0. The molecule has 0 saturated carbocycles. The van der Waals surface area contributed by atoms with Gasteiger partial charge in [0.1, 0.15) is 11.5 Å². The Hall–Kier alpha value is -2.92. The van der Waals surface area contributed by atoms with Gasteiger partial charge in [0.25, 0.3) is 0 Å². The van der Waals surface area contributed by atoms with Crippen molar-refractivity contribution in [2.45, 2.75) is 0 Å². The zero-order valence-electron chi connectivity index (χ0n) is 12.0. The van der Waals surface area contributed by atoms with Gasteiger partial charge in [0, 0.05) is 0 Å². The van der Waals surface area contributed by atoms with Gasteiger partial charge in [-0.05, 0) is 47.9 Å². The first-order valence-corrected chi connectivity index (χ1v) is 7.88. The number of benzene rings is 3. The molecule has 1 aromatic heterocycles. The van der Waals surface area contributed by atoms with Gasteiger partial charge in [0.15, 0.2) is 17.0 Å². The molecule has 0 saturated heterocycles. The molecular formula is C18H12N2O2S. The molecule has 0 aliphatic heterocycles. The fourth-order valence-corrected chi connectivity index (χ4v) is 2.77. The van der Waals surface area contributed by atoms with Gasteiger partial charge in [-0.2, -0.15) is 0 Å². The Bertz CT molecular complexity index is 924. The highest BCUT2D eigenvalue weighted by atomic mass is 32.1. The molecule has 0 fully saturated rings. The maximum absolute atomic E-state index is 6.03. The molecule has 0 unspecified atom stereocenters. The van der Waals surface area contributed by atoms with E-state index in [4.69, 9.17) is 9.47 Å². The third-order valence-corrected chi connectivity index (χ3v) is 3.96. The molecule has 4 aromatic rings. The Balaban J connectivity index is 1.78. The Labute approximate surface area is 137 Å².